The number of ether oxygens (including phenoxy) is 4. The SMILES string of the molecule is Cc1cc(OCCCC(=O)NCCNC(=O)C(CCC(=O)OC(C)(C)C)NC(=O)[C@H](CCC(=O)OC(C)(C)C)NC(=O)OCc2ccccc2)cc(C)c1S(=O)(=O)N[C@@H](CNC(=O)c1ccc2c(cnn2CCNc2ncc[nH]2)c1)C(=O)O. The number of carboxylic acid groups (broad SMARTS) is 1. The fraction of sp³-hybridized carbons (Fsp3) is 0.464. The first-order valence-corrected chi connectivity index (χ1v) is 28.4. The molecule has 450 valence electrons. The average molecular weight is 1170 g/mol. The monoisotopic (exact) mass is 1170 g/mol. The number of aromatic nitrogens is 4. The van der Waals surface area contributed by atoms with Gasteiger partial charge in [0.15, 0.2) is 5.95 Å². The van der Waals surface area contributed by atoms with E-state index in [0.29, 0.717) is 35.7 Å². The number of anilines is 1. The maximum Gasteiger partial charge on any atom is 0.408 e. The summed E-state index contributed by atoms with van der Waals surface area (Å²) in [7, 11) is -4.45. The zero-order chi connectivity index (χ0) is 60.9. The molecular weight excluding hydrogens is 1100 g/mol. The van der Waals surface area contributed by atoms with Gasteiger partial charge in [0, 0.05) is 68.8 Å². The van der Waals surface area contributed by atoms with E-state index >= 15 is 0 Å². The second kappa shape index (κ2) is 30.5. The predicted molar refractivity (Wildman–Crippen MR) is 303 cm³/mol. The van der Waals surface area contributed by atoms with Crippen molar-refractivity contribution in [1.82, 2.24) is 51.1 Å². The van der Waals surface area contributed by atoms with Crippen molar-refractivity contribution in [2.75, 3.05) is 38.1 Å². The Kier molecular flexibility index (Phi) is 23.9. The number of sulfonamides is 1. The van der Waals surface area contributed by atoms with Gasteiger partial charge in [-0.05, 0) is 122 Å². The van der Waals surface area contributed by atoms with Crippen molar-refractivity contribution in [1.29, 1.82) is 0 Å². The number of hydrogen-bond acceptors (Lipinski definition) is 17. The first kappa shape index (κ1) is 65.2. The summed E-state index contributed by atoms with van der Waals surface area (Å²) in [5.74, 6) is -4.46. The van der Waals surface area contributed by atoms with Crippen LogP contribution in [0.5, 0.6) is 5.75 Å². The lowest BCUT2D eigenvalue weighted by atomic mass is 10.1. The van der Waals surface area contributed by atoms with Gasteiger partial charge in [-0.1, -0.05) is 30.3 Å². The Morgan fingerprint density at radius 1 is 0.747 bits per heavy atom. The first-order chi connectivity index (χ1) is 39.2. The van der Waals surface area contributed by atoms with Crippen LogP contribution in [0.4, 0.5) is 10.7 Å². The summed E-state index contributed by atoms with van der Waals surface area (Å²) in [6.45, 7) is 13.4. The molecule has 0 bridgehead atoms. The number of imidazole rings is 1. The molecule has 1 unspecified atom stereocenters. The summed E-state index contributed by atoms with van der Waals surface area (Å²) < 4.78 is 53.2. The third kappa shape index (κ3) is 22.4. The van der Waals surface area contributed by atoms with Crippen LogP contribution in [0, 0.1) is 13.8 Å². The number of H-pyrrole nitrogens is 1. The number of alkyl carbamates (subject to hydrolysis) is 1. The minimum atomic E-state index is -4.45. The smallest absolute Gasteiger partial charge is 0.408 e. The van der Waals surface area contributed by atoms with Gasteiger partial charge in [0.1, 0.15) is 41.7 Å². The van der Waals surface area contributed by atoms with Gasteiger partial charge in [0.25, 0.3) is 5.91 Å². The van der Waals surface area contributed by atoms with Crippen LogP contribution in [-0.2, 0) is 66.2 Å². The maximum atomic E-state index is 13.8. The molecule has 83 heavy (non-hydrogen) atoms. The molecule has 2 aromatic heterocycles. The third-order valence-corrected chi connectivity index (χ3v) is 13.7. The number of carbonyl (C=O) groups is 8. The second-order valence-electron chi connectivity index (χ2n) is 21.3. The van der Waals surface area contributed by atoms with E-state index in [1.165, 1.54) is 26.0 Å². The fourth-order valence-corrected chi connectivity index (χ4v) is 9.88. The van der Waals surface area contributed by atoms with Gasteiger partial charge in [0.05, 0.1) is 29.8 Å². The average Bonchev–Trinajstić information content (AvgIpc) is 3.77. The van der Waals surface area contributed by atoms with Gasteiger partial charge in [-0.3, -0.25) is 38.2 Å². The quantitative estimate of drug-likeness (QED) is 0.0172. The van der Waals surface area contributed by atoms with Crippen LogP contribution in [0.25, 0.3) is 10.9 Å². The topological polar surface area (TPSA) is 359 Å². The molecule has 9 N–H and O–H groups in total. The van der Waals surface area contributed by atoms with E-state index in [9.17, 15) is 51.9 Å². The third-order valence-electron chi connectivity index (χ3n) is 11.9. The van der Waals surface area contributed by atoms with Crippen LogP contribution < -0.4 is 41.4 Å². The number of fused-ring (bicyclic) bond motifs is 1. The van der Waals surface area contributed by atoms with Gasteiger partial charge < -0.3 is 60.9 Å². The number of rotatable bonds is 31. The molecule has 3 aromatic carbocycles. The van der Waals surface area contributed by atoms with Crippen LogP contribution in [0.3, 0.4) is 0 Å². The van der Waals surface area contributed by atoms with E-state index in [1.807, 2.05) is 0 Å². The van der Waals surface area contributed by atoms with Gasteiger partial charge >= 0.3 is 24.0 Å². The number of benzene rings is 3. The van der Waals surface area contributed by atoms with Crippen LogP contribution in [0.2, 0.25) is 0 Å². The number of carboxylic acids is 1. The number of hydrogen-bond donors (Lipinski definition) is 9. The Labute approximate surface area is 481 Å². The molecule has 0 fully saturated rings. The maximum absolute atomic E-state index is 13.8. The summed E-state index contributed by atoms with van der Waals surface area (Å²) in [6.07, 6.45) is 3.20. The van der Waals surface area contributed by atoms with Crippen molar-refractivity contribution in [3.63, 3.8) is 0 Å². The van der Waals surface area contributed by atoms with Crippen LogP contribution >= 0.6 is 0 Å². The number of nitrogens with zero attached hydrogens (tertiary/aromatic N) is 3. The highest BCUT2D eigenvalue weighted by Crippen LogP contribution is 2.27. The molecular formula is C56H75N11O15S. The van der Waals surface area contributed by atoms with Gasteiger partial charge in [0.2, 0.25) is 27.7 Å². The molecule has 0 aliphatic carbocycles. The highest BCUT2D eigenvalue weighted by atomic mass is 32.2. The van der Waals surface area contributed by atoms with E-state index in [0.717, 1.165) is 5.52 Å². The lowest BCUT2D eigenvalue weighted by Crippen LogP contribution is -2.54. The molecule has 3 atom stereocenters. The largest absolute Gasteiger partial charge is 0.494 e. The lowest BCUT2D eigenvalue weighted by Gasteiger charge is -2.24. The Morgan fingerprint density at radius 2 is 1.39 bits per heavy atom. The van der Waals surface area contributed by atoms with Crippen LogP contribution in [0.1, 0.15) is 107 Å². The number of esters is 2. The standard InChI is InChI=1S/C56H75N11O15S/c1-35-29-40(30-36(2)48(35)83(77,78)66-43(52(74)75)33-62-49(71)38-16-19-44-39(31-38)32-63-67(44)27-26-61-53-59-24-25-60-53)79-28-12-15-45(68)57-22-23-58-50(72)41(17-20-46(69)81-55(3,4)5)64-51(73)42(18-21-47(70)82-56(6,7)8)65-54(76)80-34-37-13-10-9-11-14-37/h9-11,13-14,16,19,24-25,29-32,41-43,66H,12,15,17-18,20-23,26-28,33-34H2,1-8H3,(H,57,68)(H,58,72)(H,62,71)(H,64,73)(H,65,76)(H,74,75)(H2,59,60,61)/t41?,42-,43-/m0/s1. The Balaban J connectivity index is 1.09. The molecule has 5 rings (SSSR count). The molecule has 5 amide bonds. The molecule has 0 aliphatic heterocycles. The Morgan fingerprint density at radius 3 is 2.00 bits per heavy atom. The van der Waals surface area contributed by atoms with Crippen molar-refractivity contribution >= 4 is 74.5 Å². The van der Waals surface area contributed by atoms with Crippen molar-refractivity contribution in [3.05, 3.63) is 102 Å². The van der Waals surface area contributed by atoms with E-state index in [4.69, 9.17) is 18.9 Å². The number of aryl methyl sites for hydroxylation is 2. The summed E-state index contributed by atoms with van der Waals surface area (Å²) in [4.78, 5) is 111. The minimum Gasteiger partial charge on any atom is -0.494 e. The normalized spacial score (nSPS) is 12.7. The van der Waals surface area contributed by atoms with Gasteiger partial charge in [-0.25, -0.2) is 18.2 Å². The van der Waals surface area contributed by atoms with Gasteiger partial charge in [-0.2, -0.15) is 9.82 Å². The van der Waals surface area contributed by atoms with E-state index in [2.05, 4.69) is 51.7 Å². The lowest BCUT2D eigenvalue weighted by molar-refractivity contribution is -0.156. The Bertz CT molecular complexity index is 3130. The number of carbonyl (C=O) groups excluding carboxylic acids is 7. The molecule has 5 aromatic rings. The Hall–Kier alpha value is -8.59. The molecule has 2 heterocycles. The molecule has 0 spiro atoms. The molecule has 0 saturated carbocycles. The summed E-state index contributed by atoms with van der Waals surface area (Å²) >= 11 is 0. The van der Waals surface area contributed by atoms with E-state index < -0.39 is 87.6 Å². The molecule has 27 heteroatoms. The van der Waals surface area contributed by atoms with Crippen molar-refractivity contribution in [2.24, 2.45) is 0 Å². The van der Waals surface area contributed by atoms with Gasteiger partial charge in [-0.15, -0.1) is 0 Å². The number of nitrogens with one attached hydrogen (secondary N) is 8. The molecule has 0 saturated heterocycles. The minimum absolute atomic E-state index is 0.000387. The second-order valence-corrected chi connectivity index (χ2v) is 22.9. The van der Waals surface area contributed by atoms with E-state index in [1.54, 1.807) is 113 Å². The van der Waals surface area contributed by atoms with Crippen LogP contribution in [0.15, 0.2) is 84.1 Å². The summed E-state index contributed by atoms with van der Waals surface area (Å²) in [5, 5.41) is 31.0. The zero-order valence-corrected chi connectivity index (χ0v) is 48.7. The first-order valence-electron chi connectivity index (χ1n) is 26.9. The number of aliphatic carboxylic acids is 1. The molecule has 0 radical (unpaired) electrons. The van der Waals surface area contributed by atoms with Crippen LogP contribution in [-0.4, -0.2) is 143 Å². The van der Waals surface area contributed by atoms with Crippen molar-refractivity contribution in [3.8, 4) is 5.75 Å². The molecule has 0 aliphatic rings. The molecule has 26 nitrogen and oxygen atoms in total. The van der Waals surface area contributed by atoms with Crippen molar-refractivity contribution in [2.45, 2.75) is 141 Å². The van der Waals surface area contributed by atoms with Crippen molar-refractivity contribution < 1.29 is 70.8 Å². The summed E-state index contributed by atoms with van der Waals surface area (Å²) in [5.41, 5.74) is 0.487. The number of amides is 5. The predicted octanol–water partition coefficient (Wildman–Crippen LogP) is 4.06. The fourth-order valence-electron chi connectivity index (χ4n) is 8.24. The zero-order valence-electron chi connectivity index (χ0n) is 47.8. The summed E-state index contributed by atoms with van der Waals surface area (Å²) in [6, 6.07) is 12.2. The highest BCUT2D eigenvalue weighted by Gasteiger charge is 2.31. The number of aromatic amines is 1. The highest BCUT2D eigenvalue weighted by molar-refractivity contribution is 7.89. The van der Waals surface area contributed by atoms with E-state index in [-0.39, 0.29) is 92.3 Å².